The molecule has 1 atom stereocenters. The van der Waals surface area contributed by atoms with Gasteiger partial charge in [-0.2, -0.15) is 0 Å². The maximum Gasteiger partial charge on any atom is 0.175 e. The van der Waals surface area contributed by atoms with Crippen molar-refractivity contribution in [2.24, 2.45) is 0 Å². The summed E-state index contributed by atoms with van der Waals surface area (Å²) >= 11 is 5.76. The van der Waals surface area contributed by atoms with Crippen LogP contribution in [0.2, 0.25) is 0 Å². The minimum atomic E-state index is -3.11. The van der Waals surface area contributed by atoms with E-state index in [1.165, 1.54) is 6.26 Å². The molecule has 0 aliphatic rings. The monoisotopic (exact) mass is 261 g/mol. The van der Waals surface area contributed by atoms with E-state index >= 15 is 0 Å². The number of halogens is 1. The highest BCUT2D eigenvalue weighted by atomic mass is 35.5. The normalized spacial score (nSPS) is 13.4. The second-order valence-electron chi connectivity index (χ2n) is 3.70. The Morgan fingerprint density at radius 1 is 1.31 bits per heavy atom. The van der Waals surface area contributed by atoms with Crippen molar-refractivity contribution in [1.29, 1.82) is 0 Å². The first-order chi connectivity index (χ1) is 7.47. The average molecular weight is 262 g/mol. The third-order valence-corrected chi connectivity index (χ3v) is 3.83. The summed E-state index contributed by atoms with van der Waals surface area (Å²) in [6, 6.07) is 6.92. The Balaban J connectivity index is 2.80. The lowest BCUT2D eigenvalue weighted by Gasteiger charge is -2.15. The van der Waals surface area contributed by atoms with Crippen LogP contribution in [0.25, 0.3) is 0 Å². The summed E-state index contributed by atoms with van der Waals surface area (Å²) in [4.78, 5) is 0.331. The van der Waals surface area contributed by atoms with E-state index in [9.17, 15) is 8.42 Å². The Kier molecular flexibility index (Phi) is 4.62. The van der Waals surface area contributed by atoms with Crippen molar-refractivity contribution < 1.29 is 8.42 Å². The van der Waals surface area contributed by atoms with Crippen LogP contribution in [0.5, 0.6) is 0 Å². The summed E-state index contributed by atoms with van der Waals surface area (Å²) in [5.74, 6) is 0.532. The van der Waals surface area contributed by atoms with Crippen LogP contribution in [0.15, 0.2) is 29.2 Å². The molecule has 1 rings (SSSR count). The molecule has 0 heterocycles. The van der Waals surface area contributed by atoms with Crippen LogP contribution >= 0.6 is 11.6 Å². The van der Waals surface area contributed by atoms with Crippen LogP contribution in [0.3, 0.4) is 0 Å². The number of benzene rings is 1. The fraction of sp³-hybridized carbons (Fsp3) is 0.455. The van der Waals surface area contributed by atoms with Gasteiger partial charge in [0.1, 0.15) is 0 Å². The summed E-state index contributed by atoms with van der Waals surface area (Å²) in [7, 11) is -3.11. The Bertz CT molecular complexity index is 424. The van der Waals surface area contributed by atoms with Gasteiger partial charge in [0.25, 0.3) is 0 Å². The number of rotatable bonds is 5. The van der Waals surface area contributed by atoms with Crippen molar-refractivity contribution >= 4 is 27.1 Å². The van der Waals surface area contributed by atoms with Crippen LogP contribution in [0, 0.1) is 0 Å². The van der Waals surface area contributed by atoms with E-state index in [0.717, 1.165) is 12.1 Å². The van der Waals surface area contributed by atoms with Crippen molar-refractivity contribution in [3.05, 3.63) is 24.3 Å². The number of hydrogen-bond acceptors (Lipinski definition) is 3. The number of nitrogens with one attached hydrogen (secondary N) is 1. The Hall–Kier alpha value is -0.740. The molecule has 0 spiro atoms. The molecule has 1 N–H and O–H groups in total. The van der Waals surface area contributed by atoms with E-state index in [2.05, 4.69) is 5.32 Å². The number of anilines is 1. The summed E-state index contributed by atoms with van der Waals surface area (Å²) in [6.07, 6.45) is 2.13. The minimum absolute atomic E-state index is 0.214. The molecule has 5 heteroatoms. The van der Waals surface area contributed by atoms with Gasteiger partial charge in [-0.1, -0.05) is 6.92 Å². The molecule has 1 unspecified atom stereocenters. The van der Waals surface area contributed by atoms with E-state index in [0.29, 0.717) is 10.8 Å². The standard InChI is InChI=1S/C11H16ClNO2S/c1-3-9(8-12)13-10-4-6-11(7-5-10)16(2,14)15/h4-7,9,13H,3,8H2,1-2H3. The summed E-state index contributed by atoms with van der Waals surface area (Å²) in [5.41, 5.74) is 0.889. The molecule has 0 fully saturated rings. The molecule has 3 nitrogen and oxygen atoms in total. The zero-order valence-electron chi connectivity index (χ0n) is 9.40. The number of alkyl halides is 1. The van der Waals surface area contributed by atoms with Gasteiger partial charge in [-0.15, -0.1) is 11.6 Å². The van der Waals surface area contributed by atoms with Crippen LogP contribution < -0.4 is 5.32 Å². The molecular formula is C11H16ClNO2S. The van der Waals surface area contributed by atoms with Gasteiger partial charge < -0.3 is 5.32 Å². The quantitative estimate of drug-likeness (QED) is 0.829. The largest absolute Gasteiger partial charge is 0.381 e. The first kappa shape index (κ1) is 13.3. The van der Waals surface area contributed by atoms with Crippen molar-refractivity contribution in [2.45, 2.75) is 24.3 Å². The van der Waals surface area contributed by atoms with Crippen LogP contribution in [0.4, 0.5) is 5.69 Å². The molecule has 1 aromatic rings. The highest BCUT2D eigenvalue weighted by Crippen LogP contribution is 2.15. The fourth-order valence-electron chi connectivity index (χ4n) is 1.28. The molecule has 0 saturated carbocycles. The fourth-order valence-corrected chi connectivity index (χ4v) is 2.21. The molecule has 0 aliphatic heterocycles. The van der Waals surface area contributed by atoms with Crippen molar-refractivity contribution in [3.63, 3.8) is 0 Å². The molecule has 0 radical (unpaired) electrons. The summed E-state index contributed by atoms with van der Waals surface area (Å²) < 4.78 is 22.5. The zero-order valence-corrected chi connectivity index (χ0v) is 11.0. The molecule has 1 aromatic carbocycles. The lowest BCUT2D eigenvalue weighted by molar-refractivity contribution is 0.602. The van der Waals surface area contributed by atoms with Crippen molar-refractivity contribution in [3.8, 4) is 0 Å². The first-order valence-corrected chi connectivity index (χ1v) is 7.52. The average Bonchev–Trinajstić information content (AvgIpc) is 2.25. The Morgan fingerprint density at radius 3 is 2.25 bits per heavy atom. The van der Waals surface area contributed by atoms with Gasteiger partial charge in [-0.25, -0.2) is 8.42 Å². The third-order valence-electron chi connectivity index (χ3n) is 2.33. The van der Waals surface area contributed by atoms with Gasteiger partial charge in [0.15, 0.2) is 9.84 Å². The minimum Gasteiger partial charge on any atom is -0.381 e. The van der Waals surface area contributed by atoms with Crippen molar-refractivity contribution in [1.82, 2.24) is 0 Å². The molecular weight excluding hydrogens is 246 g/mol. The van der Waals surface area contributed by atoms with Gasteiger partial charge in [-0.3, -0.25) is 0 Å². The predicted octanol–water partition coefficient (Wildman–Crippen LogP) is 2.52. The summed E-state index contributed by atoms with van der Waals surface area (Å²) in [5, 5.41) is 3.23. The molecule has 0 bridgehead atoms. The smallest absolute Gasteiger partial charge is 0.175 e. The molecule has 16 heavy (non-hydrogen) atoms. The van der Waals surface area contributed by atoms with Crippen molar-refractivity contribution in [2.75, 3.05) is 17.5 Å². The predicted molar refractivity (Wildman–Crippen MR) is 68.0 cm³/mol. The molecule has 0 amide bonds. The van der Waals surface area contributed by atoms with Gasteiger partial charge in [0, 0.05) is 23.9 Å². The molecule has 0 aliphatic carbocycles. The van der Waals surface area contributed by atoms with Gasteiger partial charge >= 0.3 is 0 Å². The van der Waals surface area contributed by atoms with Crippen LogP contribution in [-0.2, 0) is 9.84 Å². The van der Waals surface area contributed by atoms with E-state index < -0.39 is 9.84 Å². The second-order valence-corrected chi connectivity index (χ2v) is 6.02. The zero-order chi connectivity index (χ0) is 12.2. The lowest BCUT2D eigenvalue weighted by Crippen LogP contribution is -2.19. The van der Waals surface area contributed by atoms with Gasteiger partial charge in [0.05, 0.1) is 4.90 Å². The van der Waals surface area contributed by atoms with Gasteiger partial charge in [-0.05, 0) is 30.7 Å². The highest BCUT2D eigenvalue weighted by Gasteiger charge is 2.07. The van der Waals surface area contributed by atoms with E-state index in [1.807, 2.05) is 6.92 Å². The van der Waals surface area contributed by atoms with E-state index in [4.69, 9.17) is 11.6 Å². The lowest BCUT2D eigenvalue weighted by atomic mass is 10.2. The molecule has 0 saturated heterocycles. The van der Waals surface area contributed by atoms with E-state index in [-0.39, 0.29) is 6.04 Å². The van der Waals surface area contributed by atoms with E-state index in [1.54, 1.807) is 24.3 Å². The first-order valence-electron chi connectivity index (χ1n) is 5.10. The maximum absolute atomic E-state index is 11.2. The third kappa shape index (κ3) is 3.68. The number of hydrogen-bond donors (Lipinski definition) is 1. The Morgan fingerprint density at radius 2 is 1.88 bits per heavy atom. The maximum atomic E-state index is 11.2. The van der Waals surface area contributed by atoms with Gasteiger partial charge in [0.2, 0.25) is 0 Å². The molecule has 90 valence electrons. The topological polar surface area (TPSA) is 46.2 Å². The van der Waals surface area contributed by atoms with Crippen LogP contribution in [-0.4, -0.2) is 26.6 Å². The Labute approximate surface area is 102 Å². The highest BCUT2D eigenvalue weighted by molar-refractivity contribution is 7.90. The van der Waals surface area contributed by atoms with Crippen LogP contribution in [0.1, 0.15) is 13.3 Å². The second kappa shape index (κ2) is 5.55. The number of sulfone groups is 1. The molecule has 0 aromatic heterocycles. The summed E-state index contributed by atoms with van der Waals surface area (Å²) in [6.45, 7) is 2.05. The SMILES string of the molecule is CCC(CCl)Nc1ccc(S(C)(=O)=O)cc1.